The van der Waals surface area contributed by atoms with Crippen molar-refractivity contribution in [3.05, 3.63) is 114 Å². The van der Waals surface area contributed by atoms with Gasteiger partial charge >= 0.3 is 0 Å². The van der Waals surface area contributed by atoms with Gasteiger partial charge in [0, 0.05) is 27.8 Å². The van der Waals surface area contributed by atoms with Gasteiger partial charge in [0.1, 0.15) is 11.4 Å². The van der Waals surface area contributed by atoms with Crippen LogP contribution >= 0.6 is 0 Å². The summed E-state index contributed by atoms with van der Waals surface area (Å²) in [4.78, 5) is 10.5. The van der Waals surface area contributed by atoms with Crippen molar-refractivity contribution in [1.29, 1.82) is 0 Å². The van der Waals surface area contributed by atoms with Crippen molar-refractivity contribution in [3.8, 4) is 17.1 Å². The molecule has 0 aliphatic heterocycles. The number of benzene rings is 5. The molecule has 3 heterocycles. The summed E-state index contributed by atoms with van der Waals surface area (Å²) in [6.07, 6.45) is 0. The molecule has 0 aliphatic rings. The third-order valence-corrected chi connectivity index (χ3v) is 10.5. The van der Waals surface area contributed by atoms with E-state index in [4.69, 9.17) is 14.4 Å². The number of nitrogens with zero attached hydrogens (tertiary/aromatic N) is 3. The lowest BCUT2D eigenvalue weighted by atomic mass is 9.80. The standard InChI is InChI=1S/C44H43N3O/c1-25(2)28-20-22-37-38(24-28)47(40-32-17-12-10-15-30(32)29-14-9-11-16-31(29)39(40)26(3)4)42(45-37)35-19-13-18-33-34-21-23-36(27(5)44(6,7)8)46-43(34)48-41(33)35/h9-27H,1-8H3. The first kappa shape index (κ1) is 30.4. The predicted molar refractivity (Wildman–Crippen MR) is 203 cm³/mol. The molecule has 0 spiro atoms. The summed E-state index contributed by atoms with van der Waals surface area (Å²) in [5.74, 6) is 1.81. The van der Waals surface area contributed by atoms with Gasteiger partial charge < -0.3 is 4.42 Å². The zero-order chi connectivity index (χ0) is 33.5. The lowest BCUT2D eigenvalue weighted by molar-refractivity contribution is 0.334. The van der Waals surface area contributed by atoms with Crippen molar-refractivity contribution >= 4 is 54.6 Å². The number of hydrogen-bond donors (Lipinski definition) is 0. The second-order valence-corrected chi connectivity index (χ2v) is 15.1. The summed E-state index contributed by atoms with van der Waals surface area (Å²) in [6, 6.07) is 35.2. The maximum atomic E-state index is 6.76. The lowest BCUT2D eigenvalue weighted by Crippen LogP contribution is -2.16. The topological polar surface area (TPSA) is 43.9 Å². The minimum atomic E-state index is 0.0916. The van der Waals surface area contributed by atoms with E-state index in [2.05, 4.69) is 157 Å². The maximum Gasteiger partial charge on any atom is 0.227 e. The van der Waals surface area contributed by atoms with Crippen molar-refractivity contribution < 1.29 is 4.42 Å². The van der Waals surface area contributed by atoms with E-state index in [0.717, 1.165) is 44.5 Å². The van der Waals surface area contributed by atoms with Crippen LogP contribution < -0.4 is 0 Å². The maximum absolute atomic E-state index is 6.76. The van der Waals surface area contributed by atoms with Crippen LogP contribution in [0.3, 0.4) is 0 Å². The minimum Gasteiger partial charge on any atom is -0.437 e. The van der Waals surface area contributed by atoms with E-state index in [0.29, 0.717) is 11.6 Å². The molecule has 4 nitrogen and oxygen atoms in total. The van der Waals surface area contributed by atoms with Gasteiger partial charge in [-0.15, -0.1) is 0 Å². The molecule has 0 saturated carbocycles. The van der Waals surface area contributed by atoms with E-state index in [1.165, 1.54) is 38.4 Å². The van der Waals surface area contributed by atoms with Gasteiger partial charge in [0.2, 0.25) is 5.71 Å². The monoisotopic (exact) mass is 629 g/mol. The largest absolute Gasteiger partial charge is 0.437 e. The van der Waals surface area contributed by atoms with Crippen LogP contribution in [0.1, 0.15) is 90.0 Å². The Kier molecular flexibility index (Phi) is 6.99. The smallest absolute Gasteiger partial charge is 0.227 e. The molecule has 48 heavy (non-hydrogen) atoms. The SMILES string of the molecule is CC(C)c1ccc2nc(-c3cccc4c3oc3nc(C(C)C(C)(C)C)ccc34)n(-c3c(C(C)C)c4ccccc4c4ccccc34)c2c1. The van der Waals surface area contributed by atoms with E-state index in [1.807, 2.05) is 0 Å². The van der Waals surface area contributed by atoms with Gasteiger partial charge in [0.25, 0.3) is 0 Å². The lowest BCUT2D eigenvalue weighted by Gasteiger charge is -2.26. The Morgan fingerprint density at radius 3 is 1.98 bits per heavy atom. The van der Waals surface area contributed by atoms with Crippen molar-refractivity contribution in [3.63, 3.8) is 0 Å². The van der Waals surface area contributed by atoms with Crippen LogP contribution in [0, 0.1) is 5.41 Å². The van der Waals surface area contributed by atoms with Crippen molar-refractivity contribution in [2.45, 2.75) is 73.1 Å². The highest BCUT2D eigenvalue weighted by Crippen LogP contribution is 2.44. The van der Waals surface area contributed by atoms with Gasteiger partial charge in [0.15, 0.2) is 0 Å². The van der Waals surface area contributed by atoms with E-state index >= 15 is 0 Å². The zero-order valence-corrected chi connectivity index (χ0v) is 29.2. The first-order chi connectivity index (χ1) is 23.0. The van der Waals surface area contributed by atoms with Gasteiger partial charge in [-0.1, -0.05) is 122 Å². The number of para-hydroxylation sites is 1. The number of furan rings is 1. The summed E-state index contributed by atoms with van der Waals surface area (Å²) < 4.78 is 9.19. The van der Waals surface area contributed by atoms with Crippen molar-refractivity contribution in [2.24, 2.45) is 5.41 Å². The molecule has 0 N–H and O–H groups in total. The van der Waals surface area contributed by atoms with E-state index in [-0.39, 0.29) is 17.3 Å². The van der Waals surface area contributed by atoms with E-state index in [9.17, 15) is 0 Å². The molecule has 0 bridgehead atoms. The average molecular weight is 630 g/mol. The molecule has 8 aromatic rings. The van der Waals surface area contributed by atoms with Gasteiger partial charge in [-0.3, -0.25) is 4.57 Å². The summed E-state index contributed by atoms with van der Waals surface area (Å²) in [6.45, 7) is 18.2. The average Bonchev–Trinajstić information content (AvgIpc) is 3.64. The number of rotatable bonds is 5. The highest BCUT2D eigenvalue weighted by molar-refractivity contribution is 6.15. The number of aromatic nitrogens is 3. The van der Waals surface area contributed by atoms with Crippen molar-refractivity contribution in [1.82, 2.24) is 14.5 Å². The Morgan fingerprint density at radius 1 is 0.625 bits per heavy atom. The summed E-state index contributed by atoms with van der Waals surface area (Å²) in [5.41, 5.74) is 9.46. The normalized spacial score (nSPS) is 13.3. The number of imidazole rings is 1. The summed E-state index contributed by atoms with van der Waals surface area (Å²) in [7, 11) is 0. The molecule has 0 fully saturated rings. The Bertz CT molecular complexity index is 2520. The molecule has 4 heteroatoms. The van der Waals surface area contributed by atoms with Gasteiger partial charge in [-0.25, -0.2) is 9.97 Å². The van der Waals surface area contributed by atoms with Gasteiger partial charge in [-0.2, -0.15) is 0 Å². The fourth-order valence-corrected chi connectivity index (χ4v) is 7.39. The molecular formula is C44H43N3O. The van der Waals surface area contributed by atoms with Crippen LogP contribution in [0.5, 0.6) is 0 Å². The van der Waals surface area contributed by atoms with Crippen LogP contribution in [-0.2, 0) is 0 Å². The predicted octanol–water partition coefficient (Wildman–Crippen LogP) is 12.7. The molecule has 1 unspecified atom stereocenters. The molecule has 0 aliphatic carbocycles. The first-order valence-electron chi connectivity index (χ1n) is 17.3. The fraction of sp³-hybridized carbons (Fsp3) is 0.273. The third kappa shape index (κ3) is 4.64. The second-order valence-electron chi connectivity index (χ2n) is 15.1. The molecule has 5 aromatic carbocycles. The Hall–Kier alpha value is -4.96. The molecule has 0 amide bonds. The zero-order valence-electron chi connectivity index (χ0n) is 29.2. The van der Waals surface area contributed by atoms with Gasteiger partial charge in [0.05, 0.1) is 22.3 Å². The van der Waals surface area contributed by atoms with Crippen LogP contribution in [0.15, 0.2) is 101 Å². The molecule has 240 valence electrons. The molecule has 0 radical (unpaired) electrons. The first-order valence-corrected chi connectivity index (χ1v) is 17.3. The number of hydrogen-bond acceptors (Lipinski definition) is 3. The van der Waals surface area contributed by atoms with E-state index in [1.54, 1.807) is 0 Å². The van der Waals surface area contributed by atoms with Crippen LogP contribution in [0.4, 0.5) is 0 Å². The summed E-state index contributed by atoms with van der Waals surface area (Å²) in [5, 5.41) is 7.10. The molecule has 1 atom stereocenters. The minimum absolute atomic E-state index is 0.0916. The summed E-state index contributed by atoms with van der Waals surface area (Å²) >= 11 is 0. The van der Waals surface area contributed by atoms with Crippen LogP contribution in [0.25, 0.3) is 71.7 Å². The molecule has 3 aromatic heterocycles. The second kappa shape index (κ2) is 11.1. The van der Waals surface area contributed by atoms with Crippen LogP contribution in [-0.4, -0.2) is 14.5 Å². The van der Waals surface area contributed by atoms with Gasteiger partial charge in [-0.05, 0) is 74.9 Å². The number of fused-ring (bicyclic) bond motifs is 7. The quantitative estimate of drug-likeness (QED) is 0.178. The molecule has 0 saturated heterocycles. The van der Waals surface area contributed by atoms with Crippen molar-refractivity contribution in [2.75, 3.05) is 0 Å². The highest BCUT2D eigenvalue weighted by atomic mass is 16.3. The number of pyridine rings is 1. The highest BCUT2D eigenvalue weighted by Gasteiger charge is 2.27. The molecule has 8 rings (SSSR count). The Balaban J connectivity index is 1.51. The Labute approximate surface area is 282 Å². The van der Waals surface area contributed by atoms with E-state index < -0.39 is 0 Å². The van der Waals surface area contributed by atoms with Crippen LogP contribution in [0.2, 0.25) is 0 Å². The molecular weight excluding hydrogens is 587 g/mol. The third-order valence-electron chi connectivity index (χ3n) is 10.5. The fourth-order valence-electron chi connectivity index (χ4n) is 7.39. The Morgan fingerprint density at radius 2 is 1.29 bits per heavy atom.